The zero-order chi connectivity index (χ0) is 13.0. The molecule has 1 aromatic carbocycles. The van der Waals surface area contributed by atoms with E-state index in [4.69, 9.17) is 5.73 Å². The van der Waals surface area contributed by atoms with Crippen molar-refractivity contribution in [3.8, 4) is 0 Å². The van der Waals surface area contributed by atoms with E-state index in [0.717, 1.165) is 12.1 Å². The molecule has 2 nitrogen and oxygen atoms in total. The minimum atomic E-state index is 0.108. The molecule has 0 heterocycles. The fourth-order valence-corrected chi connectivity index (χ4v) is 2.00. The van der Waals surface area contributed by atoms with Crippen molar-refractivity contribution in [1.29, 1.82) is 0 Å². The van der Waals surface area contributed by atoms with Gasteiger partial charge in [0.05, 0.1) is 0 Å². The Bertz CT molecular complexity index is 365. The summed E-state index contributed by atoms with van der Waals surface area (Å²) in [5, 5.41) is 0. The van der Waals surface area contributed by atoms with E-state index < -0.39 is 0 Å². The Morgan fingerprint density at radius 1 is 1.12 bits per heavy atom. The summed E-state index contributed by atoms with van der Waals surface area (Å²) < 4.78 is 0. The van der Waals surface area contributed by atoms with E-state index in [0.29, 0.717) is 11.7 Å². The summed E-state index contributed by atoms with van der Waals surface area (Å²) in [6.07, 6.45) is 0.814. The summed E-state index contributed by atoms with van der Waals surface area (Å²) in [5.41, 5.74) is 7.61. The first-order valence-electron chi connectivity index (χ1n) is 6.30. The number of hydrogen-bond donors (Lipinski definition) is 1. The van der Waals surface area contributed by atoms with Crippen LogP contribution in [0.2, 0.25) is 0 Å². The lowest BCUT2D eigenvalue weighted by Crippen LogP contribution is -2.26. The Balaban J connectivity index is 2.80. The molecule has 0 aliphatic carbocycles. The number of Topliss-reactive ketones (excluding diaryl/α,β-unsaturated/α-hetero) is 1. The number of hydrogen-bond acceptors (Lipinski definition) is 2. The molecule has 0 aromatic heterocycles. The van der Waals surface area contributed by atoms with Crippen molar-refractivity contribution >= 4 is 11.5 Å². The average molecular weight is 233 g/mol. The number of anilines is 1. The quantitative estimate of drug-likeness (QED) is 0.793. The molecular formula is C15H23NO. The van der Waals surface area contributed by atoms with Gasteiger partial charge >= 0.3 is 0 Å². The molecule has 94 valence electrons. The van der Waals surface area contributed by atoms with Gasteiger partial charge in [-0.2, -0.15) is 0 Å². The van der Waals surface area contributed by atoms with Gasteiger partial charge in [0.25, 0.3) is 0 Å². The fourth-order valence-electron chi connectivity index (χ4n) is 2.00. The van der Waals surface area contributed by atoms with E-state index in [9.17, 15) is 4.79 Å². The van der Waals surface area contributed by atoms with Crippen molar-refractivity contribution in [2.75, 3.05) is 5.73 Å². The van der Waals surface area contributed by atoms with E-state index in [-0.39, 0.29) is 11.8 Å². The molecule has 1 atom stereocenters. The molecule has 1 unspecified atom stereocenters. The second-order valence-corrected chi connectivity index (χ2v) is 5.35. The number of nitrogens with two attached hydrogens (primary N) is 1. The highest BCUT2D eigenvalue weighted by Crippen LogP contribution is 2.22. The van der Waals surface area contributed by atoms with E-state index in [1.807, 2.05) is 38.1 Å². The maximum Gasteiger partial charge on any atom is 0.139 e. The van der Waals surface area contributed by atoms with Crippen LogP contribution in [0.4, 0.5) is 5.69 Å². The molecule has 0 aliphatic rings. The molecule has 2 N–H and O–H groups in total. The fraction of sp³-hybridized carbons (Fsp3) is 0.533. The van der Waals surface area contributed by atoms with Gasteiger partial charge in [-0.15, -0.1) is 0 Å². The van der Waals surface area contributed by atoms with Crippen molar-refractivity contribution in [2.24, 2.45) is 17.8 Å². The lowest BCUT2D eigenvalue weighted by atomic mass is 9.82. The van der Waals surface area contributed by atoms with E-state index >= 15 is 0 Å². The Morgan fingerprint density at radius 3 is 2.06 bits per heavy atom. The van der Waals surface area contributed by atoms with Crippen molar-refractivity contribution in [3.63, 3.8) is 0 Å². The first-order valence-corrected chi connectivity index (χ1v) is 6.30. The second kappa shape index (κ2) is 5.85. The lowest BCUT2D eigenvalue weighted by molar-refractivity contribution is -0.127. The Labute approximate surface area is 104 Å². The van der Waals surface area contributed by atoms with Crippen LogP contribution in [0.3, 0.4) is 0 Å². The predicted molar refractivity (Wildman–Crippen MR) is 72.7 cm³/mol. The zero-order valence-electron chi connectivity index (χ0n) is 11.2. The number of rotatable bonds is 5. The average Bonchev–Trinajstić information content (AvgIpc) is 2.26. The molecule has 1 aromatic rings. The van der Waals surface area contributed by atoms with Crippen LogP contribution in [0.25, 0.3) is 0 Å². The number of carbonyl (C=O) groups excluding carboxylic acids is 1. The highest BCUT2D eigenvalue weighted by atomic mass is 16.1. The van der Waals surface area contributed by atoms with E-state index in [2.05, 4.69) is 13.8 Å². The number of nitrogen functional groups attached to an aromatic ring is 1. The third-order valence-electron chi connectivity index (χ3n) is 3.17. The van der Waals surface area contributed by atoms with Gasteiger partial charge in [-0.25, -0.2) is 0 Å². The number of benzene rings is 1. The van der Waals surface area contributed by atoms with Crippen molar-refractivity contribution < 1.29 is 4.79 Å². The highest BCUT2D eigenvalue weighted by molar-refractivity contribution is 5.83. The van der Waals surface area contributed by atoms with E-state index in [1.54, 1.807) is 0 Å². The minimum absolute atomic E-state index is 0.108. The van der Waals surface area contributed by atoms with Crippen molar-refractivity contribution in [2.45, 2.75) is 34.1 Å². The van der Waals surface area contributed by atoms with Gasteiger partial charge in [0.2, 0.25) is 0 Å². The third kappa shape index (κ3) is 3.88. The predicted octanol–water partition coefficient (Wildman–Crippen LogP) is 3.31. The Morgan fingerprint density at radius 2 is 1.65 bits per heavy atom. The van der Waals surface area contributed by atoms with Crippen LogP contribution in [0.1, 0.15) is 33.3 Å². The van der Waals surface area contributed by atoms with Gasteiger partial charge in [0.1, 0.15) is 5.78 Å². The summed E-state index contributed by atoms with van der Waals surface area (Å²) in [6.45, 7) is 8.17. The summed E-state index contributed by atoms with van der Waals surface area (Å²) in [7, 11) is 0. The molecule has 2 heteroatoms. The topological polar surface area (TPSA) is 43.1 Å². The third-order valence-corrected chi connectivity index (χ3v) is 3.17. The van der Waals surface area contributed by atoms with Crippen LogP contribution in [-0.4, -0.2) is 5.78 Å². The summed E-state index contributed by atoms with van der Waals surface area (Å²) in [5.74, 6) is 0.953. The molecule has 0 aliphatic heterocycles. The first-order chi connectivity index (χ1) is 7.91. The molecule has 0 saturated heterocycles. The van der Waals surface area contributed by atoms with Crippen LogP contribution >= 0.6 is 0 Å². The summed E-state index contributed by atoms with van der Waals surface area (Å²) in [6, 6.07) is 7.82. The molecule has 17 heavy (non-hydrogen) atoms. The van der Waals surface area contributed by atoms with Gasteiger partial charge in [-0.1, -0.05) is 39.8 Å². The van der Waals surface area contributed by atoms with Crippen LogP contribution in [0.5, 0.6) is 0 Å². The van der Waals surface area contributed by atoms with Gasteiger partial charge in [0, 0.05) is 17.5 Å². The molecular weight excluding hydrogens is 210 g/mol. The SMILES string of the molecule is CC(C)C(=O)C(Cc1ccc(N)cc1)C(C)C. The van der Waals surface area contributed by atoms with Crippen molar-refractivity contribution in [3.05, 3.63) is 29.8 Å². The molecule has 0 bridgehead atoms. The molecule has 0 saturated carbocycles. The normalized spacial score (nSPS) is 13.1. The highest BCUT2D eigenvalue weighted by Gasteiger charge is 2.24. The lowest BCUT2D eigenvalue weighted by Gasteiger charge is -2.21. The molecule has 0 amide bonds. The van der Waals surface area contributed by atoms with Gasteiger partial charge in [-0.3, -0.25) is 4.79 Å². The second-order valence-electron chi connectivity index (χ2n) is 5.35. The monoisotopic (exact) mass is 233 g/mol. The van der Waals surface area contributed by atoms with Crippen LogP contribution in [-0.2, 0) is 11.2 Å². The summed E-state index contributed by atoms with van der Waals surface area (Å²) >= 11 is 0. The number of carbonyl (C=O) groups is 1. The molecule has 0 radical (unpaired) electrons. The maximum absolute atomic E-state index is 12.1. The maximum atomic E-state index is 12.1. The number of ketones is 1. The zero-order valence-corrected chi connectivity index (χ0v) is 11.2. The van der Waals surface area contributed by atoms with Gasteiger partial charge < -0.3 is 5.73 Å². The molecule has 1 rings (SSSR count). The molecule has 0 fully saturated rings. The Hall–Kier alpha value is -1.31. The summed E-state index contributed by atoms with van der Waals surface area (Å²) in [4.78, 5) is 12.1. The largest absolute Gasteiger partial charge is 0.399 e. The standard InChI is InChI=1S/C15H23NO/c1-10(2)14(15(17)11(3)4)9-12-5-7-13(16)8-6-12/h5-8,10-11,14H,9,16H2,1-4H3. The Kier molecular flexibility index (Phi) is 4.73. The first kappa shape index (κ1) is 13.8. The van der Waals surface area contributed by atoms with E-state index in [1.165, 1.54) is 5.56 Å². The van der Waals surface area contributed by atoms with Crippen LogP contribution < -0.4 is 5.73 Å². The molecule has 0 spiro atoms. The smallest absolute Gasteiger partial charge is 0.139 e. The van der Waals surface area contributed by atoms with Crippen LogP contribution in [0, 0.1) is 17.8 Å². The van der Waals surface area contributed by atoms with Crippen LogP contribution in [0.15, 0.2) is 24.3 Å². The van der Waals surface area contributed by atoms with Crippen molar-refractivity contribution in [1.82, 2.24) is 0 Å². The van der Waals surface area contributed by atoms with Gasteiger partial charge in [0.15, 0.2) is 0 Å². The van der Waals surface area contributed by atoms with Gasteiger partial charge in [-0.05, 0) is 30.0 Å². The minimum Gasteiger partial charge on any atom is -0.399 e.